The van der Waals surface area contributed by atoms with Gasteiger partial charge in [-0.1, -0.05) is 20.8 Å². The second-order valence-corrected chi connectivity index (χ2v) is 9.31. The van der Waals surface area contributed by atoms with E-state index < -0.39 is 17.8 Å². The fourth-order valence-corrected chi connectivity index (χ4v) is 3.57. The van der Waals surface area contributed by atoms with E-state index in [4.69, 9.17) is 0 Å². The summed E-state index contributed by atoms with van der Waals surface area (Å²) in [5.41, 5.74) is 1.00. The van der Waals surface area contributed by atoms with Gasteiger partial charge in [-0.05, 0) is 53.9 Å². The molecule has 1 aliphatic heterocycles. The third-order valence-corrected chi connectivity index (χ3v) is 5.27. The molecule has 3 amide bonds. The molecule has 1 fully saturated rings. The van der Waals surface area contributed by atoms with Crippen molar-refractivity contribution >= 4 is 29.0 Å². The molecule has 0 bridgehead atoms. The third-order valence-electron chi connectivity index (χ3n) is 5.27. The number of urea groups is 1. The first-order valence-corrected chi connectivity index (χ1v) is 10.8. The Hall–Kier alpha value is -3.23. The standard InChI is InChI=1S/C24H29F3N4O2/c1-23(2,3)16-21(32)31-14-12-30(13-15-31)20-10-8-19(9-11-20)29-22(33)28-18-6-4-17(5-7-18)24(25,26)27/h4-11H,12-16H2,1-3H3,(H2,28,29,33). The van der Waals surface area contributed by atoms with Crippen molar-refractivity contribution in [1.82, 2.24) is 4.90 Å². The van der Waals surface area contributed by atoms with E-state index in [9.17, 15) is 22.8 Å². The molecular formula is C24H29F3N4O2. The van der Waals surface area contributed by atoms with Crippen LogP contribution in [0.3, 0.4) is 0 Å². The fraction of sp³-hybridized carbons (Fsp3) is 0.417. The van der Waals surface area contributed by atoms with Crippen LogP contribution in [0, 0.1) is 5.41 Å². The van der Waals surface area contributed by atoms with Crippen molar-refractivity contribution in [2.24, 2.45) is 5.41 Å². The van der Waals surface area contributed by atoms with E-state index in [0.717, 1.165) is 30.9 Å². The first-order chi connectivity index (χ1) is 15.4. The molecule has 0 atom stereocenters. The zero-order valence-corrected chi connectivity index (χ0v) is 19.0. The Morgan fingerprint density at radius 3 is 1.76 bits per heavy atom. The third kappa shape index (κ3) is 7.13. The van der Waals surface area contributed by atoms with Gasteiger partial charge in [0.15, 0.2) is 0 Å². The first-order valence-electron chi connectivity index (χ1n) is 10.8. The minimum atomic E-state index is -4.42. The Morgan fingerprint density at radius 1 is 0.818 bits per heavy atom. The SMILES string of the molecule is CC(C)(C)CC(=O)N1CCN(c2ccc(NC(=O)Nc3ccc(C(F)(F)F)cc3)cc2)CC1. The minimum Gasteiger partial charge on any atom is -0.368 e. The van der Waals surface area contributed by atoms with Gasteiger partial charge in [0.1, 0.15) is 0 Å². The molecule has 2 aromatic carbocycles. The van der Waals surface area contributed by atoms with Crippen LogP contribution < -0.4 is 15.5 Å². The smallest absolute Gasteiger partial charge is 0.368 e. The maximum atomic E-state index is 12.6. The van der Waals surface area contributed by atoms with Gasteiger partial charge in [-0.25, -0.2) is 4.79 Å². The van der Waals surface area contributed by atoms with Crippen molar-refractivity contribution in [3.8, 4) is 0 Å². The highest BCUT2D eigenvalue weighted by Crippen LogP contribution is 2.30. The van der Waals surface area contributed by atoms with E-state index in [-0.39, 0.29) is 17.0 Å². The van der Waals surface area contributed by atoms with Crippen LogP contribution in [0.2, 0.25) is 0 Å². The fourth-order valence-electron chi connectivity index (χ4n) is 3.57. The van der Waals surface area contributed by atoms with Crippen LogP contribution in [0.1, 0.15) is 32.8 Å². The van der Waals surface area contributed by atoms with Gasteiger partial charge in [-0.3, -0.25) is 4.79 Å². The molecule has 6 nitrogen and oxygen atoms in total. The number of piperazine rings is 1. The average Bonchev–Trinajstić information content (AvgIpc) is 2.73. The number of anilines is 3. The number of benzene rings is 2. The van der Waals surface area contributed by atoms with Gasteiger partial charge in [0.25, 0.3) is 0 Å². The number of amides is 3. The second-order valence-electron chi connectivity index (χ2n) is 9.31. The van der Waals surface area contributed by atoms with Crippen molar-refractivity contribution < 1.29 is 22.8 Å². The molecule has 9 heteroatoms. The first kappa shape index (κ1) is 24.4. The summed E-state index contributed by atoms with van der Waals surface area (Å²) in [6.07, 6.45) is -3.89. The Balaban J connectivity index is 1.49. The molecule has 3 rings (SSSR count). The highest BCUT2D eigenvalue weighted by Gasteiger charge is 2.30. The summed E-state index contributed by atoms with van der Waals surface area (Å²) >= 11 is 0. The van der Waals surface area contributed by atoms with Crippen LogP contribution in [-0.2, 0) is 11.0 Å². The zero-order chi connectivity index (χ0) is 24.2. The topological polar surface area (TPSA) is 64.7 Å². The predicted octanol–water partition coefficient (Wildman–Crippen LogP) is 5.43. The number of hydrogen-bond donors (Lipinski definition) is 2. The summed E-state index contributed by atoms with van der Waals surface area (Å²) in [4.78, 5) is 28.7. The van der Waals surface area contributed by atoms with Gasteiger partial charge >= 0.3 is 12.2 Å². The second kappa shape index (κ2) is 9.72. The molecule has 0 unspecified atom stereocenters. The summed E-state index contributed by atoms with van der Waals surface area (Å²) in [5.74, 6) is 0.181. The lowest BCUT2D eigenvalue weighted by molar-refractivity contribution is -0.137. The minimum absolute atomic E-state index is 0.0319. The average molecular weight is 463 g/mol. The summed E-state index contributed by atoms with van der Waals surface area (Å²) in [6, 6.07) is 11.0. The van der Waals surface area contributed by atoms with Crippen LogP contribution in [0.4, 0.5) is 35.0 Å². The van der Waals surface area contributed by atoms with Gasteiger partial charge in [0.2, 0.25) is 5.91 Å². The summed E-state index contributed by atoms with van der Waals surface area (Å²) < 4.78 is 37.9. The number of nitrogens with zero attached hydrogens (tertiary/aromatic N) is 2. The van der Waals surface area contributed by atoms with Crippen LogP contribution >= 0.6 is 0 Å². The number of hydrogen-bond acceptors (Lipinski definition) is 3. The molecule has 1 heterocycles. The van der Waals surface area contributed by atoms with Gasteiger partial charge in [0, 0.05) is 49.7 Å². The normalized spacial score (nSPS) is 14.7. The van der Waals surface area contributed by atoms with E-state index in [1.165, 1.54) is 12.1 Å². The number of nitrogens with one attached hydrogen (secondary N) is 2. The quantitative estimate of drug-likeness (QED) is 0.637. The van der Waals surface area contributed by atoms with Gasteiger partial charge < -0.3 is 20.4 Å². The van der Waals surface area contributed by atoms with Crippen molar-refractivity contribution in [2.45, 2.75) is 33.4 Å². The maximum absolute atomic E-state index is 12.6. The Bertz CT molecular complexity index is 959. The van der Waals surface area contributed by atoms with E-state index in [0.29, 0.717) is 25.2 Å². The number of carbonyl (C=O) groups is 2. The van der Waals surface area contributed by atoms with Gasteiger partial charge in [-0.15, -0.1) is 0 Å². The number of carbonyl (C=O) groups excluding carboxylic acids is 2. The molecule has 33 heavy (non-hydrogen) atoms. The maximum Gasteiger partial charge on any atom is 0.416 e. The molecule has 178 valence electrons. The van der Waals surface area contributed by atoms with E-state index in [2.05, 4.69) is 36.3 Å². The molecular weight excluding hydrogens is 433 g/mol. The Kier molecular flexibility index (Phi) is 7.19. The van der Waals surface area contributed by atoms with Crippen molar-refractivity contribution in [3.05, 3.63) is 54.1 Å². The summed E-state index contributed by atoms with van der Waals surface area (Å²) in [6.45, 7) is 8.98. The molecule has 0 aliphatic carbocycles. The van der Waals surface area contributed by atoms with Crippen LogP contribution in [0.15, 0.2) is 48.5 Å². The molecule has 2 aromatic rings. The summed E-state index contributed by atoms with van der Waals surface area (Å²) in [5, 5.41) is 5.18. The monoisotopic (exact) mass is 462 g/mol. The van der Waals surface area contributed by atoms with Gasteiger partial charge in [-0.2, -0.15) is 13.2 Å². The largest absolute Gasteiger partial charge is 0.416 e. The van der Waals surface area contributed by atoms with Crippen molar-refractivity contribution in [1.29, 1.82) is 0 Å². The number of alkyl halides is 3. The van der Waals surface area contributed by atoms with E-state index >= 15 is 0 Å². The Labute approximate surface area is 191 Å². The molecule has 0 radical (unpaired) electrons. The molecule has 0 aromatic heterocycles. The lowest BCUT2D eigenvalue weighted by Gasteiger charge is -2.37. The molecule has 2 N–H and O–H groups in total. The lowest BCUT2D eigenvalue weighted by atomic mass is 9.91. The van der Waals surface area contributed by atoms with Gasteiger partial charge in [0.05, 0.1) is 5.56 Å². The van der Waals surface area contributed by atoms with Crippen LogP contribution in [0.5, 0.6) is 0 Å². The predicted molar refractivity (Wildman–Crippen MR) is 123 cm³/mol. The van der Waals surface area contributed by atoms with Crippen LogP contribution in [-0.4, -0.2) is 43.0 Å². The van der Waals surface area contributed by atoms with E-state index in [1.807, 2.05) is 17.0 Å². The number of halogens is 3. The van der Waals surface area contributed by atoms with Crippen molar-refractivity contribution in [3.63, 3.8) is 0 Å². The molecule has 0 saturated carbocycles. The molecule has 1 aliphatic rings. The summed E-state index contributed by atoms with van der Waals surface area (Å²) in [7, 11) is 0. The number of rotatable bonds is 4. The zero-order valence-electron chi connectivity index (χ0n) is 19.0. The molecule has 1 saturated heterocycles. The van der Waals surface area contributed by atoms with Crippen molar-refractivity contribution in [2.75, 3.05) is 41.7 Å². The highest BCUT2D eigenvalue weighted by atomic mass is 19.4. The highest BCUT2D eigenvalue weighted by molar-refractivity contribution is 5.99. The molecule has 0 spiro atoms. The van der Waals surface area contributed by atoms with E-state index in [1.54, 1.807) is 12.1 Å². The van der Waals surface area contributed by atoms with Crippen LogP contribution in [0.25, 0.3) is 0 Å². The Morgan fingerprint density at radius 2 is 1.30 bits per heavy atom. The lowest BCUT2D eigenvalue weighted by Crippen LogP contribution is -2.49.